The lowest BCUT2D eigenvalue weighted by molar-refractivity contribution is -0.138. The van der Waals surface area contributed by atoms with E-state index < -0.39 is 36.0 Å². The largest absolute Gasteiger partial charge is 0.480 e. The number of rotatable bonds is 9. The Morgan fingerprint density at radius 1 is 1.06 bits per heavy atom. The monoisotopic (exact) mass is 496 g/mol. The average Bonchev–Trinajstić information content (AvgIpc) is 3.22. The normalized spacial score (nSPS) is 14.0. The molecule has 2 amide bonds. The zero-order chi connectivity index (χ0) is 26.0. The van der Waals surface area contributed by atoms with Crippen LogP contribution in [0, 0.1) is 13.8 Å². The molecule has 1 atom stereocenters. The first kappa shape index (κ1) is 25.5. The number of carbonyl (C=O) groups excluding carboxylic acids is 2. The highest BCUT2D eigenvalue weighted by Crippen LogP contribution is 2.37. The summed E-state index contributed by atoms with van der Waals surface area (Å²) in [5.74, 6) is -1.25. The minimum atomic E-state index is -1.17. The topological polar surface area (TPSA) is 139 Å². The number of fused-ring (bicyclic) bond motifs is 4. The second kappa shape index (κ2) is 10.6. The molecule has 36 heavy (non-hydrogen) atoms. The molecule has 3 N–H and O–H groups in total. The Morgan fingerprint density at radius 3 is 2.50 bits per heavy atom. The van der Waals surface area contributed by atoms with E-state index >= 15 is 0 Å². The van der Waals surface area contributed by atoms with Crippen LogP contribution in [-0.4, -0.2) is 35.5 Å². The minimum Gasteiger partial charge on any atom is -0.480 e. The lowest BCUT2D eigenvalue weighted by atomic mass is 9.93. The summed E-state index contributed by atoms with van der Waals surface area (Å²) in [6.07, 6.45) is 5.62. The smallest absolute Gasteiger partial charge is 0.340 e. The number of aryl methyl sites for hydroxylation is 4. The van der Waals surface area contributed by atoms with Gasteiger partial charge in [-0.05, 0) is 51.2 Å². The molecule has 0 aliphatic heterocycles. The standard InChI is InChI=1S/C27H32N2O7/c1-4-5-9-20(26(33)28-13-23(31)32)29-22(30)12-18-14(2)17-11-19-16-8-6-7-10-21(16)35-25(19)15(3)24(17)36-27(18)34/h11,20H,4-10,12-13H2,1-3H3,(H,28,33)(H,29,30)(H,31,32)/t20-/m0/s1. The van der Waals surface area contributed by atoms with Gasteiger partial charge in [0.05, 0.1) is 12.0 Å². The van der Waals surface area contributed by atoms with E-state index in [0.29, 0.717) is 24.0 Å². The van der Waals surface area contributed by atoms with Gasteiger partial charge in [-0.25, -0.2) is 4.79 Å². The van der Waals surface area contributed by atoms with Crippen LogP contribution in [0.4, 0.5) is 0 Å². The second-order valence-electron chi connectivity index (χ2n) is 9.51. The molecule has 0 saturated heterocycles. The van der Waals surface area contributed by atoms with Gasteiger partial charge in [-0.2, -0.15) is 0 Å². The lowest BCUT2D eigenvalue weighted by Crippen LogP contribution is -2.48. The number of furan rings is 1. The summed E-state index contributed by atoms with van der Waals surface area (Å²) in [6.45, 7) is 5.10. The Hall–Kier alpha value is -3.62. The zero-order valence-electron chi connectivity index (χ0n) is 20.9. The summed E-state index contributed by atoms with van der Waals surface area (Å²) in [5.41, 5.74) is 3.46. The summed E-state index contributed by atoms with van der Waals surface area (Å²) in [6, 6.07) is 1.11. The molecular formula is C27H32N2O7. The summed E-state index contributed by atoms with van der Waals surface area (Å²) < 4.78 is 11.8. The number of unbranched alkanes of at least 4 members (excludes halogenated alkanes) is 1. The maximum atomic E-state index is 12.9. The van der Waals surface area contributed by atoms with E-state index in [1.165, 1.54) is 5.56 Å². The fraction of sp³-hybridized carbons (Fsp3) is 0.481. The first-order valence-electron chi connectivity index (χ1n) is 12.5. The van der Waals surface area contributed by atoms with E-state index in [0.717, 1.165) is 59.8 Å². The number of hydrogen-bond acceptors (Lipinski definition) is 6. The van der Waals surface area contributed by atoms with Crippen molar-refractivity contribution in [3.8, 4) is 0 Å². The van der Waals surface area contributed by atoms with Crippen molar-refractivity contribution in [2.45, 2.75) is 78.2 Å². The molecule has 9 nitrogen and oxygen atoms in total. The summed E-state index contributed by atoms with van der Waals surface area (Å²) >= 11 is 0. The molecule has 1 aliphatic carbocycles. The summed E-state index contributed by atoms with van der Waals surface area (Å²) in [4.78, 5) is 49.0. The number of nitrogens with one attached hydrogen (secondary N) is 2. The van der Waals surface area contributed by atoms with Crippen LogP contribution < -0.4 is 16.3 Å². The van der Waals surface area contributed by atoms with Gasteiger partial charge in [0.25, 0.3) is 0 Å². The highest BCUT2D eigenvalue weighted by Gasteiger charge is 2.25. The Bertz CT molecular complexity index is 1400. The van der Waals surface area contributed by atoms with Gasteiger partial charge < -0.3 is 24.6 Å². The maximum Gasteiger partial charge on any atom is 0.340 e. The van der Waals surface area contributed by atoms with Crippen molar-refractivity contribution in [2.75, 3.05) is 6.54 Å². The number of benzene rings is 1. The number of aliphatic carboxylic acids is 1. The molecule has 2 aromatic heterocycles. The van der Waals surface area contributed by atoms with E-state index in [4.69, 9.17) is 13.9 Å². The minimum absolute atomic E-state index is 0.233. The van der Waals surface area contributed by atoms with Gasteiger partial charge in [-0.3, -0.25) is 14.4 Å². The van der Waals surface area contributed by atoms with Crippen LogP contribution in [0.15, 0.2) is 19.7 Å². The molecule has 3 aromatic rings. The van der Waals surface area contributed by atoms with Crippen molar-refractivity contribution in [3.05, 3.63) is 44.5 Å². The third-order valence-electron chi connectivity index (χ3n) is 6.97. The van der Waals surface area contributed by atoms with Crippen LogP contribution in [-0.2, 0) is 33.6 Å². The van der Waals surface area contributed by atoms with Gasteiger partial charge in [0.15, 0.2) is 0 Å². The van der Waals surface area contributed by atoms with Crippen LogP contribution in [0.3, 0.4) is 0 Å². The first-order chi connectivity index (χ1) is 17.2. The number of carboxylic acids is 1. The number of carboxylic acid groups (broad SMARTS) is 1. The van der Waals surface area contributed by atoms with Crippen molar-refractivity contribution in [1.29, 1.82) is 0 Å². The number of carbonyl (C=O) groups is 3. The molecular weight excluding hydrogens is 464 g/mol. The van der Waals surface area contributed by atoms with Gasteiger partial charge in [0.2, 0.25) is 11.8 Å². The first-order valence-corrected chi connectivity index (χ1v) is 12.5. The SMILES string of the molecule is CCCC[C@H](NC(=O)Cc1c(C)c2cc3c4c(oc3c(C)c2oc1=O)CCCC4)C(=O)NCC(=O)O. The van der Waals surface area contributed by atoms with Gasteiger partial charge in [0, 0.05) is 28.3 Å². The second-order valence-corrected chi connectivity index (χ2v) is 9.51. The van der Waals surface area contributed by atoms with Crippen molar-refractivity contribution in [2.24, 2.45) is 0 Å². The number of hydrogen-bond donors (Lipinski definition) is 3. The Balaban J connectivity index is 1.64. The van der Waals surface area contributed by atoms with E-state index in [1.54, 1.807) is 6.92 Å². The molecule has 192 valence electrons. The summed E-state index contributed by atoms with van der Waals surface area (Å²) in [7, 11) is 0. The molecule has 0 saturated carbocycles. The Labute approximate surface area is 208 Å². The third kappa shape index (κ3) is 5.01. The van der Waals surface area contributed by atoms with E-state index in [9.17, 15) is 19.2 Å². The molecule has 0 fully saturated rings. The number of amides is 2. The van der Waals surface area contributed by atoms with Gasteiger partial charge in [-0.15, -0.1) is 0 Å². The molecule has 1 aromatic carbocycles. The van der Waals surface area contributed by atoms with Crippen LogP contribution in [0.25, 0.3) is 21.9 Å². The Kier molecular flexibility index (Phi) is 7.47. The summed E-state index contributed by atoms with van der Waals surface area (Å²) in [5, 5.41) is 15.6. The molecule has 0 bridgehead atoms. The van der Waals surface area contributed by atoms with Gasteiger partial charge >= 0.3 is 11.6 Å². The third-order valence-corrected chi connectivity index (χ3v) is 6.97. The van der Waals surface area contributed by atoms with Gasteiger partial charge in [0.1, 0.15) is 29.5 Å². The highest BCUT2D eigenvalue weighted by atomic mass is 16.4. The fourth-order valence-corrected chi connectivity index (χ4v) is 4.99. The molecule has 9 heteroatoms. The quantitative estimate of drug-likeness (QED) is 0.386. The van der Waals surface area contributed by atoms with E-state index in [1.807, 2.05) is 19.9 Å². The van der Waals surface area contributed by atoms with Crippen molar-refractivity contribution >= 4 is 39.7 Å². The average molecular weight is 497 g/mol. The lowest BCUT2D eigenvalue weighted by Gasteiger charge is -2.18. The van der Waals surface area contributed by atoms with Crippen LogP contribution >= 0.6 is 0 Å². The van der Waals surface area contributed by atoms with E-state index in [2.05, 4.69) is 10.6 Å². The van der Waals surface area contributed by atoms with Crippen LogP contribution in [0.2, 0.25) is 0 Å². The fourth-order valence-electron chi connectivity index (χ4n) is 4.99. The molecule has 0 spiro atoms. The van der Waals surface area contributed by atoms with E-state index in [-0.39, 0.29) is 12.0 Å². The Morgan fingerprint density at radius 2 is 1.78 bits per heavy atom. The maximum absolute atomic E-state index is 12.9. The van der Waals surface area contributed by atoms with Crippen molar-refractivity contribution in [3.63, 3.8) is 0 Å². The highest BCUT2D eigenvalue weighted by molar-refractivity contribution is 6.00. The van der Waals surface area contributed by atoms with Crippen LogP contribution in [0.1, 0.15) is 67.0 Å². The van der Waals surface area contributed by atoms with Crippen molar-refractivity contribution in [1.82, 2.24) is 10.6 Å². The predicted molar refractivity (Wildman–Crippen MR) is 134 cm³/mol. The van der Waals surface area contributed by atoms with Crippen LogP contribution in [0.5, 0.6) is 0 Å². The van der Waals surface area contributed by atoms with Gasteiger partial charge in [-0.1, -0.05) is 19.8 Å². The molecule has 0 radical (unpaired) electrons. The molecule has 2 heterocycles. The molecule has 4 rings (SSSR count). The zero-order valence-corrected chi connectivity index (χ0v) is 20.9. The molecule has 1 aliphatic rings. The van der Waals surface area contributed by atoms with Crippen molar-refractivity contribution < 1.29 is 28.3 Å². The molecule has 0 unspecified atom stereocenters. The predicted octanol–water partition coefficient (Wildman–Crippen LogP) is 3.45.